The highest BCUT2D eigenvalue weighted by Gasteiger charge is 2.05. The van der Waals surface area contributed by atoms with Crippen LogP contribution in [0.3, 0.4) is 0 Å². The van der Waals surface area contributed by atoms with Crippen LogP contribution in [0.2, 0.25) is 0 Å². The van der Waals surface area contributed by atoms with Crippen LogP contribution in [0.4, 0.5) is 5.69 Å². The van der Waals surface area contributed by atoms with E-state index in [1.54, 1.807) is 23.2 Å². The molecule has 0 aliphatic rings. The Kier molecular flexibility index (Phi) is 4.28. The van der Waals surface area contributed by atoms with Gasteiger partial charge in [-0.15, -0.1) is 23.1 Å². The monoisotopic (exact) mass is 279 g/mol. The molecule has 0 radical (unpaired) electrons. The predicted molar refractivity (Wildman–Crippen MR) is 76.8 cm³/mol. The molecule has 0 unspecified atom stereocenters. The van der Waals surface area contributed by atoms with Crippen molar-refractivity contribution in [1.82, 2.24) is 0 Å². The van der Waals surface area contributed by atoms with E-state index in [9.17, 15) is 4.79 Å². The topological polar surface area (TPSA) is 49.3 Å². The van der Waals surface area contributed by atoms with E-state index < -0.39 is 5.97 Å². The molecule has 0 bridgehead atoms. The predicted octanol–water partition coefficient (Wildman–Crippen LogP) is 3.78. The summed E-state index contributed by atoms with van der Waals surface area (Å²) in [5.74, 6) is -0.873. The van der Waals surface area contributed by atoms with Crippen LogP contribution >= 0.6 is 23.1 Å². The molecular formula is C13H13NO2S2. The largest absolute Gasteiger partial charge is 0.478 e. The van der Waals surface area contributed by atoms with Gasteiger partial charge in [-0.2, -0.15) is 0 Å². The van der Waals surface area contributed by atoms with Crippen molar-refractivity contribution in [2.45, 2.75) is 11.4 Å². The molecule has 0 atom stereocenters. The Bertz CT molecular complexity index is 534. The third-order valence-electron chi connectivity index (χ3n) is 2.46. The minimum absolute atomic E-state index is 0.356. The molecule has 1 aromatic carbocycles. The summed E-state index contributed by atoms with van der Waals surface area (Å²) in [6, 6.07) is 9.87. The molecule has 0 amide bonds. The van der Waals surface area contributed by atoms with Gasteiger partial charge in [0.2, 0.25) is 0 Å². The number of carbonyl (C=O) groups is 1. The summed E-state index contributed by atoms with van der Waals surface area (Å²) in [5, 5.41) is 13.8. The first-order valence-corrected chi connectivity index (χ1v) is 7.48. The Labute approximate surface area is 114 Å². The smallest absolute Gasteiger partial charge is 0.336 e. The Balaban J connectivity index is 1.95. The Hall–Kier alpha value is -1.46. The van der Waals surface area contributed by atoms with Crippen molar-refractivity contribution in [2.75, 3.05) is 11.6 Å². The summed E-state index contributed by atoms with van der Waals surface area (Å²) in [5.41, 5.74) is 1.40. The van der Waals surface area contributed by atoms with Crippen LogP contribution in [0.15, 0.2) is 40.6 Å². The minimum Gasteiger partial charge on any atom is -0.478 e. The molecule has 0 aliphatic carbocycles. The van der Waals surface area contributed by atoms with E-state index in [0.29, 0.717) is 12.1 Å². The third-order valence-corrected chi connectivity index (χ3v) is 4.14. The maximum Gasteiger partial charge on any atom is 0.336 e. The SMILES string of the molecule is CSc1ccc(NCc2cc(C(=O)O)cs2)cc1. The summed E-state index contributed by atoms with van der Waals surface area (Å²) >= 11 is 3.16. The van der Waals surface area contributed by atoms with Crippen LogP contribution in [-0.4, -0.2) is 17.3 Å². The van der Waals surface area contributed by atoms with Crippen molar-refractivity contribution in [3.63, 3.8) is 0 Å². The van der Waals surface area contributed by atoms with Crippen LogP contribution < -0.4 is 5.32 Å². The van der Waals surface area contributed by atoms with Gasteiger partial charge in [0.05, 0.1) is 5.56 Å². The lowest BCUT2D eigenvalue weighted by atomic mass is 10.3. The Morgan fingerprint density at radius 2 is 2.11 bits per heavy atom. The second-order valence-electron chi connectivity index (χ2n) is 3.69. The summed E-state index contributed by atoms with van der Waals surface area (Å²) in [6.07, 6.45) is 2.04. The summed E-state index contributed by atoms with van der Waals surface area (Å²) in [7, 11) is 0. The average Bonchev–Trinajstić information content (AvgIpc) is 2.86. The summed E-state index contributed by atoms with van der Waals surface area (Å²) in [6.45, 7) is 0.649. The Morgan fingerprint density at radius 1 is 1.39 bits per heavy atom. The maximum atomic E-state index is 10.7. The molecule has 3 nitrogen and oxygen atoms in total. The first-order valence-electron chi connectivity index (χ1n) is 5.37. The first kappa shape index (κ1) is 13.0. The van der Waals surface area contributed by atoms with E-state index in [4.69, 9.17) is 5.11 Å². The van der Waals surface area contributed by atoms with Gasteiger partial charge in [-0.3, -0.25) is 0 Å². The second-order valence-corrected chi connectivity index (χ2v) is 5.56. The molecule has 94 valence electrons. The minimum atomic E-state index is -0.873. The quantitative estimate of drug-likeness (QED) is 0.818. The fraction of sp³-hybridized carbons (Fsp3) is 0.154. The van der Waals surface area contributed by atoms with E-state index in [-0.39, 0.29) is 0 Å². The summed E-state index contributed by atoms with van der Waals surface area (Å²) in [4.78, 5) is 13.0. The first-order chi connectivity index (χ1) is 8.69. The fourth-order valence-corrected chi connectivity index (χ4v) is 2.69. The Morgan fingerprint density at radius 3 is 2.67 bits per heavy atom. The maximum absolute atomic E-state index is 10.7. The lowest BCUT2D eigenvalue weighted by Gasteiger charge is -2.05. The van der Waals surface area contributed by atoms with Gasteiger partial charge in [0.1, 0.15) is 0 Å². The highest BCUT2D eigenvalue weighted by molar-refractivity contribution is 7.98. The van der Waals surface area contributed by atoms with Gasteiger partial charge in [0.25, 0.3) is 0 Å². The normalized spacial score (nSPS) is 10.3. The number of carboxylic acid groups (broad SMARTS) is 1. The lowest BCUT2D eigenvalue weighted by molar-refractivity contribution is 0.0697. The lowest BCUT2D eigenvalue weighted by Crippen LogP contribution is -1.97. The summed E-state index contributed by atoms with van der Waals surface area (Å²) < 4.78 is 0. The molecule has 1 heterocycles. The van der Waals surface area contributed by atoms with Crippen LogP contribution in [0.25, 0.3) is 0 Å². The molecule has 2 rings (SSSR count). The molecule has 2 N–H and O–H groups in total. The number of thioether (sulfide) groups is 1. The van der Waals surface area contributed by atoms with E-state index in [2.05, 4.69) is 17.4 Å². The van der Waals surface area contributed by atoms with Gasteiger partial charge in [0.15, 0.2) is 0 Å². The molecule has 0 spiro atoms. The molecule has 0 aliphatic heterocycles. The molecule has 0 saturated heterocycles. The van der Waals surface area contributed by atoms with Crippen molar-refractivity contribution in [3.05, 3.63) is 46.2 Å². The van der Waals surface area contributed by atoms with Crippen LogP contribution in [0.5, 0.6) is 0 Å². The van der Waals surface area contributed by atoms with Gasteiger partial charge in [-0.05, 0) is 36.6 Å². The molecular weight excluding hydrogens is 266 g/mol. The number of aromatic carboxylic acids is 1. The average molecular weight is 279 g/mol. The van der Waals surface area contributed by atoms with Gasteiger partial charge >= 0.3 is 5.97 Å². The number of carboxylic acids is 1. The molecule has 1 aromatic heterocycles. The number of thiophene rings is 1. The van der Waals surface area contributed by atoms with Crippen molar-refractivity contribution in [3.8, 4) is 0 Å². The number of benzene rings is 1. The zero-order chi connectivity index (χ0) is 13.0. The van der Waals surface area contributed by atoms with Crippen molar-refractivity contribution >= 4 is 34.8 Å². The van der Waals surface area contributed by atoms with Gasteiger partial charge in [-0.25, -0.2) is 4.79 Å². The highest BCUT2D eigenvalue weighted by atomic mass is 32.2. The van der Waals surface area contributed by atoms with Crippen molar-refractivity contribution < 1.29 is 9.90 Å². The number of hydrogen-bond acceptors (Lipinski definition) is 4. The molecule has 0 saturated carbocycles. The molecule has 5 heteroatoms. The van der Waals surface area contributed by atoms with E-state index in [0.717, 1.165) is 10.6 Å². The van der Waals surface area contributed by atoms with Gasteiger partial charge in [0, 0.05) is 27.4 Å². The number of rotatable bonds is 5. The standard InChI is InChI=1S/C13H13NO2S2/c1-17-11-4-2-10(3-5-11)14-7-12-6-9(8-18-12)13(15)16/h2-6,8,14H,7H2,1H3,(H,15,16). The van der Waals surface area contributed by atoms with Crippen LogP contribution in [-0.2, 0) is 6.54 Å². The highest BCUT2D eigenvalue weighted by Crippen LogP contribution is 2.19. The van der Waals surface area contributed by atoms with E-state index in [1.807, 2.05) is 18.4 Å². The van der Waals surface area contributed by atoms with Gasteiger partial charge < -0.3 is 10.4 Å². The van der Waals surface area contributed by atoms with E-state index >= 15 is 0 Å². The molecule has 18 heavy (non-hydrogen) atoms. The van der Waals surface area contributed by atoms with E-state index in [1.165, 1.54) is 16.2 Å². The van der Waals surface area contributed by atoms with Crippen LogP contribution in [0, 0.1) is 0 Å². The zero-order valence-corrected chi connectivity index (χ0v) is 11.5. The van der Waals surface area contributed by atoms with Crippen molar-refractivity contribution in [2.24, 2.45) is 0 Å². The fourth-order valence-electron chi connectivity index (χ4n) is 1.48. The molecule has 2 aromatic rings. The number of anilines is 1. The second kappa shape index (κ2) is 5.93. The number of nitrogens with one attached hydrogen (secondary N) is 1. The zero-order valence-electron chi connectivity index (χ0n) is 9.84. The molecule has 0 fully saturated rings. The van der Waals surface area contributed by atoms with Gasteiger partial charge in [-0.1, -0.05) is 0 Å². The third kappa shape index (κ3) is 3.27. The van der Waals surface area contributed by atoms with Crippen molar-refractivity contribution in [1.29, 1.82) is 0 Å². The number of hydrogen-bond donors (Lipinski definition) is 2. The van der Waals surface area contributed by atoms with Crippen LogP contribution in [0.1, 0.15) is 15.2 Å².